The van der Waals surface area contributed by atoms with Crippen molar-refractivity contribution in [3.63, 3.8) is 0 Å². The third-order valence-electron chi connectivity index (χ3n) is 4.34. The van der Waals surface area contributed by atoms with Crippen molar-refractivity contribution in [1.82, 2.24) is 0 Å². The molecule has 4 nitrogen and oxygen atoms in total. The molecule has 2 aromatic carbocycles. The predicted molar refractivity (Wildman–Crippen MR) is 97.1 cm³/mol. The van der Waals surface area contributed by atoms with Gasteiger partial charge in [0.15, 0.2) is 5.78 Å². The van der Waals surface area contributed by atoms with Crippen LogP contribution >= 0.6 is 0 Å². The average molecular weight is 340 g/mol. The number of carboxylic acids is 1. The molecule has 0 aliphatic heterocycles. The van der Waals surface area contributed by atoms with Gasteiger partial charge in [0.2, 0.25) is 0 Å². The Balaban J connectivity index is 2.21. The third kappa shape index (κ3) is 4.77. The number of aliphatic hydroxyl groups is 1. The van der Waals surface area contributed by atoms with E-state index in [0.29, 0.717) is 12.0 Å². The number of Topliss-reactive ketones (excluding diaryl/α,β-unsaturated/α-hetero) is 1. The Morgan fingerprint density at radius 1 is 0.960 bits per heavy atom. The van der Waals surface area contributed by atoms with Gasteiger partial charge >= 0.3 is 5.97 Å². The van der Waals surface area contributed by atoms with E-state index in [2.05, 4.69) is 20.8 Å². The number of rotatable bonds is 6. The van der Waals surface area contributed by atoms with Crippen molar-refractivity contribution in [2.24, 2.45) is 0 Å². The topological polar surface area (TPSA) is 74.6 Å². The fraction of sp³-hybridized carbons (Fsp3) is 0.333. The highest BCUT2D eigenvalue weighted by Gasteiger charge is 2.21. The van der Waals surface area contributed by atoms with Crippen LogP contribution in [0.15, 0.2) is 48.5 Å². The summed E-state index contributed by atoms with van der Waals surface area (Å²) in [6.07, 6.45) is 0.345. The first-order valence-electron chi connectivity index (χ1n) is 8.28. The fourth-order valence-electron chi connectivity index (χ4n) is 2.72. The molecule has 0 saturated carbocycles. The smallest absolute Gasteiger partial charge is 0.311 e. The lowest BCUT2D eigenvalue weighted by molar-refractivity contribution is -0.138. The number of ketones is 1. The molecule has 1 atom stereocenters. The van der Waals surface area contributed by atoms with E-state index in [-0.39, 0.29) is 11.2 Å². The highest BCUT2D eigenvalue weighted by molar-refractivity contribution is 5.96. The van der Waals surface area contributed by atoms with Gasteiger partial charge in [0.05, 0.1) is 5.92 Å². The van der Waals surface area contributed by atoms with Gasteiger partial charge in [0.25, 0.3) is 0 Å². The summed E-state index contributed by atoms with van der Waals surface area (Å²) < 4.78 is 0. The van der Waals surface area contributed by atoms with Gasteiger partial charge < -0.3 is 10.2 Å². The number of carbonyl (C=O) groups is 2. The zero-order chi connectivity index (χ0) is 18.6. The highest BCUT2D eigenvalue weighted by atomic mass is 16.4. The largest absolute Gasteiger partial charge is 0.481 e. The Morgan fingerprint density at radius 2 is 1.52 bits per heavy atom. The van der Waals surface area contributed by atoms with Crippen LogP contribution in [0.5, 0.6) is 0 Å². The number of carboxylic acid groups (broad SMARTS) is 1. The van der Waals surface area contributed by atoms with Crippen LogP contribution in [0.2, 0.25) is 0 Å². The zero-order valence-corrected chi connectivity index (χ0v) is 14.8. The van der Waals surface area contributed by atoms with Crippen LogP contribution in [0.3, 0.4) is 0 Å². The number of aliphatic carboxylic acids is 1. The maximum absolute atomic E-state index is 11.7. The summed E-state index contributed by atoms with van der Waals surface area (Å²) in [6.45, 7) is 5.82. The van der Waals surface area contributed by atoms with Gasteiger partial charge in [0.1, 0.15) is 6.61 Å². The summed E-state index contributed by atoms with van der Waals surface area (Å²) in [5.74, 6) is -1.87. The van der Waals surface area contributed by atoms with Gasteiger partial charge in [-0.3, -0.25) is 9.59 Å². The Morgan fingerprint density at radius 3 is 1.96 bits per heavy atom. The molecule has 0 aliphatic carbocycles. The van der Waals surface area contributed by atoms with Crippen molar-refractivity contribution >= 4 is 11.8 Å². The standard InChI is InChI=1S/C21H24O4/c1-21(2,3)17-10-8-15(9-11-17)18(20(24)25)12-14-4-6-16(7-5-14)19(23)13-22/h4-11,18,22H,12-13H2,1-3H3,(H,24,25). The molecule has 4 heteroatoms. The van der Waals surface area contributed by atoms with Gasteiger partial charge in [-0.1, -0.05) is 69.3 Å². The molecule has 0 bridgehead atoms. The summed E-state index contributed by atoms with van der Waals surface area (Å²) in [6, 6.07) is 14.4. The van der Waals surface area contributed by atoms with Crippen LogP contribution in [0, 0.1) is 0 Å². The minimum absolute atomic E-state index is 0.0202. The van der Waals surface area contributed by atoms with Crippen molar-refractivity contribution in [2.75, 3.05) is 6.61 Å². The van der Waals surface area contributed by atoms with Crippen molar-refractivity contribution < 1.29 is 19.8 Å². The van der Waals surface area contributed by atoms with E-state index < -0.39 is 18.5 Å². The van der Waals surface area contributed by atoms with Crippen LogP contribution < -0.4 is 0 Å². The molecule has 0 spiro atoms. The van der Waals surface area contributed by atoms with Crippen LogP contribution in [0.4, 0.5) is 0 Å². The Bertz CT molecular complexity index is 737. The summed E-state index contributed by atoms with van der Waals surface area (Å²) >= 11 is 0. The molecule has 0 radical (unpaired) electrons. The van der Waals surface area contributed by atoms with Crippen LogP contribution in [0.1, 0.15) is 53.7 Å². The van der Waals surface area contributed by atoms with E-state index in [0.717, 1.165) is 16.7 Å². The quantitative estimate of drug-likeness (QED) is 0.788. The van der Waals surface area contributed by atoms with Gasteiger partial charge in [-0.05, 0) is 28.5 Å². The molecular formula is C21H24O4. The minimum atomic E-state index is -0.876. The number of hydrogen-bond donors (Lipinski definition) is 2. The average Bonchev–Trinajstić information content (AvgIpc) is 2.58. The minimum Gasteiger partial charge on any atom is -0.481 e. The van der Waals surface area contributed by atoms with Crippen molar-refractivity contribution in [3.8, 4) is 0 Å². The van der Waals surface area contributed by atoms with E-state index in [9.17, 15) is 14.7 Å². The second-order valence-electron chi connectivity index (χ2n) is 7.25. The molecule has 0 fully saturated rings. The summed E-state index contributed by atoms with van der Waals surface area (Å²) in [5.41, 5.74) is 3.20. The first kappa shape index (κ1) is 18.9. The molecule has 0 amide bonds. The lowest BCUT2D eigenvalue weighted by atomic mass is 9.84. The van der Waals surface area contributed by atoms with Crippen molar-refractivity contribution in [1.29, 1.82) is 0 Å². The normalized spacial score (nSPS) is 12.6. The molecule has 1 unspecified atom stereocenters. The van der Waals surface area contributed by atoms with Crippen molar-refractivity contribution in [2.45, 2.75) is 38.5 Å². The molecule has 0 heterocycles. The number of carbonyl (C=O) groups excluding carboxylic acids is 1. The van der Waals surface area contributed by atoms with E-state index in [1.165, 1.54) is 0 Å². The van der Waals surface area contributed by atoms with Crippen LogP contribution in [0.25, 0.3) is 0 Å². The van der Waals surface area contributed by atoms with E-state index in [1.54, 1.807) is 24.3 Å². The van der Waals surface area contributed by atoms with Crippen LogP contribution in [-0.4, -0.2) is 28.6 Å². The molecule has 0 saturated heterocycles. The molecule has 0 aromatic heterocycles. The van der Waals surface area contributed by atoms with E-state index >= 15 is 0 Å². The molecule has 2 N–H and O–H groups in total. The summed E-state index contributed by atoms with van der Waals surface area (Å²) in [5, 5.41) is 18.5. The van der Waals surface area contributed by atoms with E-state index in [4.69, 9.17) is 5.11 Å². The summed E-state index contributed by atoms with van der Waals surface area (Å²) in [4.78, 5) is 23.2. The third-order valence-corrected chi connectivity index (χ3v) is 4.34. The maximum Gasteiger partial charge on any atom is 0.311 e. The van der Waals surface area contributed by atoms with Crippen LogP contribution in [-0.2, 0) is 16.6 Å². The van der Waals surface area contributed by atoms with Gasteiger partial charge in [0, 0.05) is 5.56 Å². The molecule has 25 heavy (non-hydrogen) atoms. The molecule has 2 aromatic rings. The van der Waals surface area contributed by atoms with E-state index in [1.807, 2.05) is 24.3 Å². The Kier molecular flexibility index (Phi) is 5.75. The van der Waals surface area contributed by atoms with Crippen molar-refractivity contribution in [3.05, 3.63) is 70.8 Å². The number of hydrogen-bond acceptors (Lipinski definition) is 3. The first-order valence-corrected chi connectivity index (χ1v) is 8.28. The maximum atomic E-state index is 11.7. The Hall–Kier alpha value is -2.46. The molecule has 132 valence electrons. The monoisotopic (exact) mass is 340 g/mol. The lowest BCUT2D eigenvalue weighted by Crippen LogP contribution is -2.16. The van der Waals surface area contributed by atoms with Gasteiger partial charge in [-0.2, -0.15) is 0 Å². The zero-order valence-electron chi connectivity index (χ0n) is 14.8. The summed E-state index contributed by atoms with van der Waals surface area (Å²) in [7, 11) is 0. The SMILES string of the molecule is CC(C)(C)c1ccc(C(Cc2ccc(C(=O)CO)cc2)C(=O)O)cc1. The molecule has 2 rings (SSSR count). The highest BCUT2D eigenvalue weighted by Crippen LogP contribution is 2.26. The Labute approximate surface area is 148 Å². The molecule has 0 aliphatic rings. The second kappa shape index (κ2) is 7.62. The van der Waals surface area contributed by atoms with Gasteiger partial charge in [-0.15, -0.1) is 0 Å². The molecular weight excluding hydrogens is 316 g/mol. The fourth-order valence-corrected chi connectivity index (χ4v) is 2.72. The van der Waals surface area contributed by atoms with Gasteiger partial charge in [-0.25, -0.2) is 0 Å². The predicted octanol–water partition coefficient (Wildman–Crippen LogP) is 3.57. The number of benzene rings is 2. The second-order valence-corrected chi connectivity index (χ2v) is 7.25. The lowest BCUT2D eigenvalue weighted by Gasteiger charge is -2.20. The first-order chi connectivity index (χ1) is 11.7. The number of aliphatic hydroxyl groups excluding tert-OH is 1.